The van der Waals surface area contributed by atoms with Crippen molar-refractivity contribution < 1.29 is 29.1 Å². The number of fused-ring (bicyclic) bond motifs is 1. The largest absolute Gasteiger partial charge is 0.543 e. The van der Waals surface area contributed by atoms with Gasteiger partial charge < -0.3 is 34.6 Å². The Bertz CT molecular complexity index is 936. The van der Waals surface area contributed by atoms with Crippen LogP contribution in [0.25, 0.3) is 0 Å². The van der Waals surface area contributed by atoms with Crippen LogP contribution in [-0.4, -0.2) is 107 Å². The molecule has 4 heterocycles. The van der Waals surface area contributed by atoms with Crippen molar-refractivity contribution in [3.8, 4) is 0 Å². The van der Waals surface area contributed by atoms with E-state index in [-0.39, 0.29) is 34.9 Å². The highest BCUT2D eigenvalue weighted by atomic mass is 32.2. The van der Waals surface area contributed by atoms with Crippen molar-refractivity contribution in [2.75, 3.05) is 46.3 Å². The Morgan fingerprint density at radius 2 is 2.12 bits per heavy atom. The molecule has 0 unspecified atom stereocenters. The van der Waals surface area contributed by atoms with Crippen molar-refractivity contribution >= 4 is 29.6 Å². The van der Waals surface area contributed by atoms with Crippen LogP contribution in [0.2, 0.25) is 0 Å². The molecule has 9 nitrogen and oxygen atoms in total. The summed E-state index contributed by atoms with van der Waals surface area (Å²) in [6, 6.07) is -0.0872. The van der Waals surface area contributed by atoms with Crippen molar-refractivity contribution in [1.82, 2.24) is 15.1 Å². The maximum atomic E-state index is 12.5. The number of nitrogens with zero attached hydrogens (tertiary/aromatic N) is 3. The van der Waals surface area contributed by atoms with Gasteiger partial charge in [-0.2, -0.15) is 0 Å². The van der Waals surface area contributed by atoms with Gasteiger partial charge in [0.2, 0.25) is 5.91 Å². The van der Waals surface area contributed by atoms with Crippen LogP contribution in [0.4, 0.5) is 0 Å². The minimum Gasteiger partial charge on any atom is -0.543 e. The van der Waals surface area contributed by atoms with Gasteiger partial charge in [-0.1, -0.05) is 13.0 Å². The number of β-lactam (4-membered cyclic amide) rings is 1. The zero-order valence-corrected chi connectivity index (χ0v) is 20.8. The number of thioether (sulfide) groups is 1. The number of piperazine rings is 1. The monoisotopic (exact) mass is 490 g/mol. The number of quaternary nitrogens is 1. The van der Waals surface area contributed by atoms with E-state index in [2.05, 4.69) is 24.5 Å². The highest BCUT2D eigenvalue weighted by molar-refractivity contribution is 8.03. The Morgan fingerprint density at radius 1 is 1.41 bits per heavy atom. The normalized spacial score (nSPS) is 33.6. The molecular formula is C24H34N4O5S. The summed E-state index contributed by atoms with van der Waals surface area (Å²) in [4.78, 5) is 39.0. The van der Waals surface area contributed by atoms with Crippen LogP contribution in [0.1, 0.15) is 20.3 Å². The summed E-state index contributed by atoms with van der Waals surface area (Å²) in [5, 5.41) is 25.6. The number of carbonyl (C=O) groups is 2. The molecule has 186 valence electrons. The predicted octanol–water partition coefficient (Wildman–Crippen LogP) is -1.07. The third-order valence-corrected chi connectivity index (χ3v) is 9.24. The number of carboxylic acid groups (broad SMARTS) is 1. The summed E-state index contributed by atoms with van der Waals surface area (Å²) in [6.45, 7) is 8.85. The molecule has 6 atom stereocenters. The molecule has 0 radical (unpaired) electrons. The lowest BCUT2D eigenvalue weighted by molar-refractivity contribution is -0.907. The molecule has 4 aliphatic rings. The summed E-state index contributed by atoms with van der Waals surface area (Å²) in [5.41, 5.74) is -0.00983. The van der Waals surface area contributed by atoms with E-state index in [4.69, 9.17) is 0 Å². The summed E-state index contributed by atoms with van der Waals surface area (Å²) < 4.78 is 0.930. The van der Waals surface area contributed by atoms with E-state index in [1.165, 1.54) is 22.9 Å². The second-order valence-corrected chi connectivity index (χ2v) is 11.5. The lowest BCUT2D eigenvalue weighted by Crippen LogP contribution is -2.64. The Hall–Kier alpha value is -2.10. The molecule has 34 heavy (non-hydrogen) atoms. The smallest absolute Gasteiger partial charge is 0.235 e. The second-order valence-electron chi connectivity index (χ2n) is 10.2. The summed E-state index contributed by atoms with van der Waals surface area (Å²) in [7, 11) is 2.23. The first-order valence-corrected chi connectivity index (χ1v) is 12.8. The topological polar surface area (TPSA) is 113 Å². The molecule has 10 heteroatoms. The van der Waals surface area contributed by atoms with Crippen molar-refractivity contribution in [2.24, 2.45) is 11.8 Å². The van der Waals surface area contributed by atoms with E-state index in [9.17, 15) is 24.6 Å². The van der Waals surface area contributed by atoms with Crippen LogP contribution in [0.15, 0.2) is 29.0 Å². The molecule has 4 rings (SSSR count). The van der Waals surface area contributed by atoms with Crippen molar-refractivity contribution in [2.45, 2.75) is 43.7 Å². The number of hydrogen-bond acceptors (Lipinski definition) is 8. The number of nitrogens with one attached hydrogen (secondary N) is 1. The molecular weight excluding hydrogens is 456 g/mol. The maximum Gasteiger partial charge on any atom is 0.235 e. The molecule has 4 aliphatic heterocycles. The quantitative estimate of drug-likeness (QED) is 0.192. The third-order valence-electron chi connectivity index (χ3n) is 7.72. The number of rotatable bonds is 8. The van der Waals surface area contributed by atoms with E-state index in [1.807, 2.05) is 17.8 Å². The van der Waals surface area contributed by atoms with E-state index >= 15 is 0 Å². The van der Waals surface area contributed by atoms with Gasteiger partial charge in [-0.25, -0.2) is 4.79 Å². The molecule has 0 bridgehead atoms. The van der Waals surface area contributed by atoms with E-state index in [0.717, 1.165) is 50.2 Å². The van der Waals surface area contributed by atoms with Crippen LogP contribution in [0, 0.1) is 11.8 Å². The summed E-state index contributed by atoms with van der Waals surface area (Å²) in [6.07, 6.45) is 5.98. The number of amides is 1. The Balaban J connectivity index is 1.33. The average Bonchev–Trinajstić information content (AvgIpc) is 3.31. The lowest BCUT2D eigenvalue weighted by atomic mass is 9.79. The van der Waals surface area contributed by atoms with Gasteiger partial charge in [0.15, 0.2) is 0 Å². The Morgan fingerprint density at radius 3 is 2.74 bits per heavy atom. The molecule has 3 saturated heterocycles. The van der Waals surface area contributed by atoms with Gasteiger partial charge in [0, 0.05) is 28.7 Å². The van der Waals surface area contributed by atoms with Crippen molar-refractivity contribution in [3.05, 3.63) is 29.0 Å². The molecule has 1 amide bonds. The molecule has 0 saturated carbocycles. The van der Waals surface area contributed by atoms with Gasteiger partial charge in [-0.15, -0.1) is 11.8 Å². The van der Waals surface area contributed by atoms with E-state index in [0.29, 0.717) is 4.91 Å². The van der Waals surface area contributed by atoms with Crippen LogP contribution >= 0.6 is 11.8 Å². The highest BCUT2D eigenvalue weighted by Crippen LogP contribution is 2.51. The number of aliphatic hydroxyl groups excluding tert-OH is 1. The molecule has 0 aromatic carbocycles. The molecule has 0 aromatic rings. The Labute approximate surface area is 204 Å². The summed E-state index contributed by atoms with van der Waals surface area (Å²) in [5.74, 6) is -0.487. The first-order valence-electron chi connectivity index (χ1n) is 12.0. The number of aliphatic hydroxyl groups is 1. The molecule has 0 aromatic heterocycles. The molecule has 2 N–H and O–H groups in total. The number of likely N-dealkylation sites (N-methyl/N-ethyl adjacent to an activating group) is 1. The van der Waals surface area contributed by atoms with Gasteiger partial charge in [-0.05, 0) is 19.4 Å². The van der Waals surface area contributed by atoms with Crippen LogP contribution < -0.4 is 10.4 Å². The predicted molar refractivity (Wildman–Crippen MR) is 127 cm³/mol. The first kappa shape index (κ1) is 25.0. The minimum absolute atomic E-state index is 0.00983. The van der Waals surface area contributed by atoms with Gasteiger partial charge in [0.25, 0.3) is 0 Å². The van der Waals surface area contributed by atoms with Crippen molar-refractivity contribution in [1.29, 1.82) is 0 Å². The van der Waals surface area contributed by atoms with Crippen LogP contribution in [0.3, 0.4) is 0 Å². The Kier molecular flexibility index (Phi) is 7.26. The van der Waals surface area contributed by atoms with Gasteiger partial charge in [0.1, 0.15) is 5.94 Å². The number of hydrogen-bond donors (Lipinski definition) is 2. The number of carbonyl (C=O) groups excluding carboxylic acids is 3. The second kappa shape index (κ2) is 9.87. The maximum absolute atomic E-state index is 12.5. The van der Waals surface area contributed by atoms with Gasteiger partial charge in [0.05, 0.1) is 75.7 Å². The highest BCUT2D eigenvalue weighted by Gasteiger charge is 2.58. The van der Waals surface area contributed by atoms with Gasteiger partial charge in [-0.3, -0.25) is 4.79 Å². The van der Waals surface area contributed by atoms with Crippen LogP contribution in [-0.2, 0) is 14.4 Å². The van der Waals surface area contributed by atoms with Crippen LogP contribution in [0.5, 0.6) is 0 Å². The van der Waals surface area contributed by atoms with E-state index < -0.39 is 18.0 Å². The number of aliphatic carboxylic acids is 1. The average molecular weight is 491 g/mol. The first-order chi connectivity index (χ1) is 16.1. The lowest BCUT2D eigenvalue weighted by Gasteiger charge is -2.47. The fourth-order valence-corrected chi connectivity index (χ4v) is 7.14. The fraction of sp³-hybridized carbons (Fsp3) is 0.667. The van der Waals surface area contributed by atoms with E-state index in [1.54, 1.807) is 6.92 Å². The van der Waals surface area contributed by atoms with Gasteiger partial charge >= 0.3 is 0 Å². The SMILES string of the molecule is C[C@@H](O)[C@H]1C(=O)N2C(C(=O)[O-])=C(S[C@@H]3CN[C@H](/C=C/C[N+]4(C)CCN(C=C=O)CC4)C3)[C@H](C)[C@H]12. The van der Waals surface area contributed by atoms with Crippen molar-refractivity contribution in [3.63, 3.8) is 0 Å². The standard InChI is InChI=1S/C24H34N4O5S/c1-15-20-19(16(2)30)23(31)27(20)21(24(32)33)22(15)34-18-13-17(25-14-18)5-4-9-28(3)10-6-26(7-11-28)8-12-29/h4-5,8,15-20,25,30H,6-7,9-11,13-14H2,1-3H3/b5-4+/t15-,16-,17-,18+,19-,20-/m1/s1. The molecule has 0 spiro atoms. The zero-order valence-electron chi connectivity index (χ0n) is 20.0. The summed E-state index contributed by atoms with van der Waals surface area (Å²) >= 11 is 1.53. The number of carboxylic acids is 1. The fourth-order valence-electron chi connectivity index (χ4n) is 5.65. The minimum atomic E-state index is -1.32. The zero-order chi connectivity index (χ0) is 24.6. The third kappa shape index (κ3) is 4.70. The molecule has 0 aliphatic carbocycles. The molecule has 3 fully saturated rings.